The largest absolute Gasteiger partial charge is 0.102 e. The summed E-state index contributed by atoms with van der Waals surface area (Å²) in [5.74, 6) is 0. The van der Waals surface area contributed by atoms with Gasteiger partial charge in [-0.3, -0.25) is 0 Å². The van der Waals surface area contributed by atoms with Crippen LogP contribution in [0.2, 0.25) is 12.6 Å². The Labute approximate surface area is 93.1 Å². The molecular weight excluding hydrogens is 166 g/mol. The van der Waals surface area contributed by atoms with Crippen LogP contribution in [0.5, 0.6) is 0 Å². The fourth-order valence-electron chi connectivity index (χ4n) is 2.84. The van der Waals surface area contributed by atoms with E-state index in [-0.39, 0.29) is 0 Å². The SMILES string of the molecule is BCC(CB)(CC(C)(C)C)C(C)(C)C. The maximum atomic E-state index is 2.39. The lowest BCUT2D eigenvalue weighted by molar-refractivity contribution is 0.0757. The summed E-state index contributed by atoms with van der Waals surface area (Å²) >= 11 is 0. The lowest BCUT2D eigenvalue weighted by atomic mass is 9.51. The van der Waals surface area contributed by atoms with Crippen LogP contribution in [0.4, 0.5) is 0 Å². The lowest BCUT2D eigenvalue weighted by Gasteiger charge is -2.48. The molecule has 82 valence electrons. The zero-order valence-electron chi connectivity index (χ0n) is 11.6. The fraction of sp³-hybridized carbons (Fsp3) is 1.00. The third kappa shape index (κ3) is 3.37. The van der Waals surface area contributed by atoms with Crippen molar-refractivity contribution in [3.63, 3.8) is 0 Å². The van der Waals surface area contributed by atoms with Crippen LogP contribution in [0.15, 0.2) is 0 Å². The molecule has 0 radical (unpaired) electrons. The van der Waals surface area contributed by atoms with Crippen LogP contribution < -0.4 is 0 Å². The summed E-state index contributed by atoms with van der Waals surface area (Å²) < 4.78 is 0. The molecule has 0 bridgehead atoms. The molecule has 0 aliphatic heterocycles. The molecule has 0 aliphatic carbocycles. The molecule has 0 nitrogen and oxygen atoms in total. The van der Waals surface area contributed by atoms with Crippen molar-refractivity contribution in [2.24, 2.45) is 16.2 Å². The normalized spacial score (nSPS) is 14.4. The van der Waals surface area contributed by atoms with Crippen molar-refractivity contribution in [3.05, 3.63) is 0 Å². The van der Waals surface area contributed by atoms with E-state index in [1.54, 1.807) is 0 Å². The van der Waals surface area contributed by atoms with Crippen molar-refractivity contribution in [2.45, 2.75) is 60.6 Å². The minimum absolute atomic E-state index is 0.420. The molecule has 2 heteroatoms. The third-order valence-electron chi connectivity index (χ3n) is 3.81. The summed E-state index contributed by atoms with van der Waals surface area (Å²) in [6.45, 7) is 14.3. The second-order valence-electron chi connectivity index (χ2n) is 6.97. The van der Waals surface area contributed by atoms with E-state index in [0.717, 1.165) is 0 Å². The highest BCUT2D eigenvalue weighted by Gasteiger charge is 2.40. The number of rotatable bonds is 3. The van der Waals surface area contributed by atoms with Crippen molar-refractivity contribution in [1.29, 1.82) is 0 Å². The number of hydrogen-bond acceptors (Lipinski definition) is 0. The fourth-order valence-corrected chi connectivity index (χ4v) is 2.84. The van der Waals surface area contributed by atoms with Gasteiger partial charge in [0.05, 0.1) is 0 Å². The molecular formula is C12H28B2. The molecule has 0 fully saturated rings. The molecule has 0 rings (SSSR count). The maximum absolute atomic E-state index is 2.39. The van der Waals surface area contributed by atoms with Crippen LogP contribution in [0, 0.1) is 16.2 Å². The van der Waals surface area contributed by atoms with Crippen molar-refractivity contribution < 1.29 is 0 Å². The van der Waals surface area contributed by atoms with E-state index in [9.17, 15) is 0 Å². The monoisotopic (exact) mass is 194 g/mol. The zero-order valence-corrected chi connectivity index (χ0v) is 11.6. The van der Waals surface area contributed by atoms with Crippen LogP contribution in [-0.4, -0.2) is 15.7 Å². The topological polar surface area (TPSA) is 0 Å². The average molecular weight is 194 g/mol. The standard InChI is InChI=1S/C12H28B2/c1-10(2,3)7-12(8-13,9-14)11(4,5)6/h7-9,13-14H2,1-6H3. The number of hydrogen-bond donors (Lipinski definition) is 0. The Kier molecular flexibility index (Phi) is 4.37. The first-order chi connectivity index (χ1) is 6.08. The first kappa shape index (κ1) is 14.1. The van der Waals surface area contributed by atoms with Gasteiger partial charge in [-0.05, 0) is 22.7 Å². The van der Waals surface area contributed by atoms with Gasteiger partial charge in [0, 0.05) is 0 Å². The highest BCUT2D eigenvalue weighted by atomic mass is 14.4. The van der Waals surface area contributed by atoms with E-state index < -0.39 is 0 Å². The van der Waals surface area contributed by atoms with Crippen LogP contribution >= 0.6 is 0 Å². The molecule has 0 aromatic carbocycles. The lowest BCUT2D eigenvalue weighted by Crippen LogP contribution is -2.38. The molecule has 0 aliphatic rings. The maximum Gasteiger partial charge on any atom is 0.102 e. The summed E-state index contributed by atoms with van der Waals surface area (Å²) in [5, 5.41) is 0. The van der Waals surface area contributed by atoms with Crippen molar-refractivity contribution in [2.75, 3.05) is 0 Å². The Morgan fingerprint density at radius 1 is 0.786 bits per heavy atom. The van der Waals surface area contributed by atoms with E-state index in [1.807, 2.05) is 0 Å². The van der Waals surface area contributed by atoms with E-state index in [1.165, 1.54) is 19.1 Å². The predicted octanol–water partition coefficient (Wildman–Crippen LogP) is 2.56. The van der Waals surface area contributed by atoms with Gasteiger partial charge >= 0.3 is 0 Å². The van der Waals surface area contributed by atoms with Crippen LogP contribution in [0.3, 0.4) is 0 Å². The molecule has 0 saturated carbocycles. The molecule has 0 N–H and O–H groups in total. The van der Waals surface area contributed by atoms with Gasteiger partial charge < -0.3 is 0 Å². The van der Waals surface area contributed by atoms with Gasteiger partial charge in [0.15, 0.2) is 0 Å². The predicted molar refractivity (Wildman–Crippen MR) is 72.7 cm³/mol. The second kappa shape index (κ2) is 4.33. The summed E-state index contributed by atoms with van der Waals surface area (Å²) in [5.41, 5.74) is 1.37. The molecule has 0 unspecified atom stereocenters. The zero-order chi connectivity index (χ0) is 11.6. The molecule has 0 spiro atoms. The summed E-state index contributed by atoms with van der Waals surface area (Å²) in [7, 11) is 4.70. The van der Waals surface area contributed by atoms with Gasteiger partial charge in [0.25, 0.3) is 0 Å². The Morgan fingerprint density at radius 3 is 1.21 bits per heavy atom. The van der Waals surface area contributed by atoms with Crippen molar-refractivity contribution >= 4 is 15.7 Å². The van der Waals surface area contributed by atoms with Crippen LogP contribution in [0.25, 0.3) is 0 Å². The molecule has 0 aromatic rings. The minimum atomic E-state index is 0.420. The smallest absolute Gasteiger partial charge is 0.0757 e. The molecule has 0 amide bonds. The van der Waals surface area contributed by atoms with Crippen LogP contribution in [0.1, 0.15) is 48.0 Å². The first-order valence-corrected chi connectivity index (χ1v) is 6.08. The molecule has 0 atom stereocenters. The first-order valence-electron chi connectivity index (χ1n) is 6.08. The van der Waals surface area contributed by atoms with Crippen molar-refractivity contribution in [1.82, 2.24) is 0 Å². The van der Waals surface area contributed by atoms with E-state index >= 15 is 0 Å². The third-order valence-corrected chi connectivity index (χ3v) is 3.81. The Hall–Kier alpha value is 0.130. The minimum Gasteiger partial charge on any atom is -0.0757 e. The van der Waals surface area contributed by atoms with Gasteiger partial charge in [0.2, 0.25) is 0 Å². The van der Waals surface area contributed by atoms with Crippen molar-refractivity contribution in [3.8, 4) is 0 Å². The molecule has 0 heterocycles. The summed E-state index contributed by atoms with van der Waals surface area (Å²) in [4.78, 5) is 0. The highest BCUT2D eigenvalue weighted by Crippen LogP contribution is 2.51. The summed E-state index contributed by atoms with van der Waals surface area (Å²) in [6, 6.07) is 0. The second-order valence-corrected chi connectivity index (χ2v) is 6.97. The van der Waals surface area contributed by atoms with E-state index in [0.29, 0.717) is 16.2 Å². The van der Waals surface area contributed by atoms with Gasteiger partial charge in [-0.1, -0.05) is 54.2 Å². The quantitative estimate of drug-likeness (QED) is 0.605. The highest BCUT2D eigenvalue weighted by molar-refractivity contribution is 6.12. The Bertz CT molecular complexity index is 168. The Morgan fingerprint density at radius 2 is 1.14 bits per heavy atom. The molecule has 14 heavy (non-hydrogen) atoms. The van der Waals surface area contributed by atoms with E-state index in [2.05, 4.69) is 57.2 Å². The average Bonchev–Trinajstić information content (AvgIpc) is 1.96. The van der Waals surface area contributed by atoms with E-state index in [4.69, 9.17) is 0 Å². The molecule has 0 aromatic heterocycles. The van der Waals surface area contributed by atoms with Gasteiger partial charge in [0.1, 0.15) is 15.7 Å². The van der Waals surface area contributed by atoms with Gasteiger partial charge in [-0.25, -0.2) is 0 Å². The van der Waals surface area contributed by atoms with Gasteiger partial charge in [-0.15, -0.1) is 0 Å². The van der Waals surface area contributed by atoms with Crippen LogP contribution in [-0.2, 0) is 0 Å². The molecule has 0 saturated heterocycles. The summed E-state index contributed by atoms with van der Waals surface area (Å²) in [6.07, 6.45) is 3.92. The Balaban J connectivity index is 4.91. The van der Waals surface area contributed by atoms with Gasteiger partial charge in [-0.2, -0.15) is 0 Å².